The highest BCUT2D eigenvalue weighted by Crippen LogP contribution is 2.50. The maximum Gasteiger partial charge on any atom is 0.234 e. The van der Waals surface area contributed by atoms with E-state index in [-0.39, 0.29) is 5.91 Å². The zero-order valence-corrected chi connectivity index (χ0v) is 19.5. The van der Waals surface area contributed by atoms with E-state index in [0.717, 1.165) is 55.8 Å². The summed E-state index contributed by atoms with van der Waals surface area (Å²) in [7, 11) is 3.44. The summed E-state index contributed by atoms with van der Waals surface area (Å²) in [5.41, 5.74) is 12.3. The number of nitrogens with two attached hydrogens (primary N) is 2. The van der Waals surface area contributed by atoms with E-state index in [1.54, 1.807) is 0 Å². The molecule has 33 heavy (non-hydrogen) atoms. The average molecular weight is 455 g/mol. The number of benzene rings is 1. The Morgan fingerprint density at radius 3 is 2.27 bits per heavy atom. The second-order valence-electron chi connectivity index (χ2n) is 8.39. The minimum Gasteiger partial charge on any atom is -0.399 e. The van der Waals surface area contributed by atoms with Gasteiger partial charge in [0.1, 0.15) is 12.6 Å². The molecule has 0 radical (unpaired) electrons. The van der Waals surface area contributed by atoms with Crippen LogP contribution in [0, 0.1) is 0 Å². The van der Waals surface area contributed by atoms with Crippen molar-refractivity contribution in [2.75, 3.05) is 51.0 Å². The molecule has 1 amide bonds. The van der Waals surface area contributed by atoms with E-state index >= 15 is 0 Å². The molecular formula is C24H34N6O3. The van der Waals surface area contributed by atoms with Crippen LogP contribution in [0.2, 0.25) is 0 Å². The van der Waals surface area contributed by atoms with Crippen molar-refractivity contribution in [1.29, 1.82) is 0 Å². The van der Waals surface area contributed by atoms with Gasteiger partial charge in [0.2, 0.25) is 5.91 Å². The van der Waals surface area contributed by atoms with Crippen LogP contribution >= 0.6 is 0 Å². The second kappa shape index (κ2) is 10.7. The molecule has 2 aliphatic carbocycles. The molecule has 4 N–H and O–H groups in total. The Balaban J connectivity index is 0.000000728. The lowest BCUT2D eigenvalue weighted by Gasteiger charge is -2.29. The molecule has 0 unspecified atom stereocenters. The predicted octanol–water partition coefficient (Wildman–Crippen LogP) is 1.60. The minimum absolute atomic E-state index is 0.204. The third-order valence-corrected chi connectivity index (χ3v) is 6.28. The van der Waals surface area contributed by atoms with Crippen molar-refractivity contribution in [2.45, 2.75) is 37.1 Å². The van der Waals surface area contributed by atoms with Gasteiger partial charge in [-0.25, -0.2) is 9.97 Å². The fourth-order valence-electron chi connectivity index (χ4n) is 4.07. The monoisotopic (exact) mass is 454 g/mol. The van der Waals surface area contributed by atoms with Gasteiger partial charge in [-0.2, -0.15) is 0 Å². The number of carbonyl (C=O) groups is 2. The van der Waals surface area contributed by atoms with Gasteiger partial charge in [-0.1, -0.05) is 0 Å². The second-order valence-corrected chi connectivity index (χ2v) is 8.39. The van der Waals surface area contributed by atoms with E-state index in [1.165, 1.54) is 7.05 Å². The van der Waals surface area contributed by atoms with Crippen molar-refractivity contribution in [3.8, 4) is 11.4 Å². The Hall–Kier alpha value is -3.04. The van der Waals surface area contributed by atoms with Gasteiger partial charge in [0.25, 0.3) is 0 Å². The number of aromatic nitrogens is 2. The Morgan fingerprint density at radius 2 is 1.73 bits per heavy atom. The number of hydrogen-bond donors (Lipinski definition) is 2. The number of rotatable bonds is 5. The average Bonchev–Trinajstić information content (AvgIpc) is 3.80. The molecule has 3 fully saturated rings. The van der Waals surface area contributed by atoms with Crippen LogP contribution in [-0.2, 0) is 19.7 Å². The minimum atomic E-state index is -0.496. The number of amides is 1. The summed E-state index contributed by atoms with van der Waals surface area (Å²) in [6, 6.07) is 10.0. The van der Waals surface area contributed by atoms with Crippen LogP contribution in [0.4, 0.5) is 11.5 Å². The van der Waals surface area contributed by atoms with Gasteiger partial charge in [-0.3, -0.25) is 4.79 Å². The molecule has 0 bridgehead atoms. The molecule has 5 rings (SSSR count). The molecule has 2 aromatic rings. The van der Waals surface area contributed by atoms with Gasteiger partial charge in [-0.05, 0) is 57.0 Å². The fourth-order valence-corrected chi connectivity index (χ4v) is 4.07. The Morgan fingerprint density at radius 1 is 1.12 bits per heavy atom. The zero-order chi connectivity index (χ0) is 24.0. The van der Waals surface area contributed by atoms with E-state index in [4.69, 9.17) is 25.2 Å². The molecule has 0 atom stereocenters. The molecule has 0 spiro atoms. The highest BCUT2D eigenvalue weighted by molar-refractivity contribution is 5.91. The Kier molecular flexibility index (Phi) is 7.99. The van der Waals surface area contributed by atoms with E-state index < -0.39 is 5.41 Å². The molecule has 1 saturated heterocycles. The molecule has 1 aliphatic heterocycles. The number of morpholine rings is 1. The predicted molar refractivity (Wildman–Crippen MR) is 129 cm³/mol. The smallest absolute Gasteiger partial charge is 0.234 e. The third-order valence-electron chi connectivity index (χ3n) is 6.28. The topological polar surface area (TPSA) is 128 Å². The van der Waals surface area contributed by atoms with E-state index in [9.17, 15) is 4.79 Å². The van der Waals surface area contributed by atoms with Crippen LogP contribution in [0.1, 0.15) is 31.4 Å². The first-order valence-electron chi connectivity index (χ1n) is 11.3. The summed E-state index contributed by atoms with van der Waals surface area (Å²) in [5, 5.41) is 0. The van der Waals surface area contributed by atoms with E-state index in [0.29, 0.717) is 30.8 Å². The van der Waals surface area contributed by atoms with Crippen LogP contribution in [-0.4, -0.2) is 74.0 Å². The molecule has 2 saturated carbocycles. The molecule has 2 heterocycles. The number of nitrogens with zero attached hydrogens (tertiary/aromatic N) is 4. The highest BCUT2D eigenvalue weighted by Gasteiger charge is 2.55. The Bertz CT molecular complexity index is 938. The van der Waals surface area contributed by atoms with Crippen LogP contribution in [0.3, 0.4) is 0 Å². The number of hydrogen-bond acceptors (Lipinski definition) is 8. The molecule has 178 valence electrons. The van der Waals surface area contributed by atoms with E-state index in [2.05, 4.69) is 10.6 Å². The van der Waals surface area contributed by atoms with Crippen molar-refractivity contribution >= 4 is 24.2 Å². The first kappa shape index (κ1) is 24.6. The van der Waals surface area contributed by atoms with Crippen molar-refractivity contribution in [3.63, 3.8) is 0 Å². The van der Waals surface area contributed by atoms with Crippen LogP contribution < -0.4 is 16.4 Å². The van der Waals surface area contributed by atoms with E-state index in [1.807, 2.05) is 49.1 Å². The van der Waals surface area contributed by atoms with Crippen molar-refractivity contribution in [3.05, 3.63) is 36.0 Å². The SMILES string of the molecule is C=O.CN.CN(C(=O)C1(c2cc(N3CCOCC3)nc(-c3ccc(N)cc3)n2)CC1)C1CC1. The lowest BCUT2D eigenvalue weighted by molar-refractivity contribution is -0.133. The summed E-state index contributed by atoms with van der Waals surface area (Å²) in [5.74, 6) is 1.73. The number of anilines is 2. The number of carbonyl (C=O) groups excluding carboxylic acids is 2. The Labute approximate surface area is 195 Å². The van der Waals surface area contributed by atoms with Gasteiger partial charge in [-0.15, -0.1) is 0 Å². The maximum atomic E-state index is 13.3. The summed E-state index contributed by atoms with van der Waals surface area (Å²) >= 11 is 0. The molecule has 9 nitrogen and oxygen atoms in total. The summed E-state index contributed by atoms with van der Waals surface area (Å²) in [6.45, 7) is 4.96. The first-order valence-corrected chi connectivity index (χ1v) is 11.3. The lowest BCUT2D eigenvalue weighted by Crippen LogP contribution is -2.39. The number of nitrogen functional groups attached to an aromatic ring is 1. The fraction of sp³-hybridized carbons (Fsp3) is 0.500. The quantitative estimate of drug-likeness (QED) is 0.652. The normalized spacial score (nSPS) is 18.2. The maximum absolute atomic E-state index is 13.3. The largest absolute Gasteiger partial charge is 0.399 e. The lowest BCUT2D eigenvalue weighted by atomic mass is 9.99. The molecule has 1 aromatic heterocycles. The summed E-state index contributed by atoms with van der Waals surface area (Å²) < 4.78 is 5.50. The van der Waals surface area contributed by atoms with Crippen LogP contribution in [0.15, 0.2) is 30.3 Å². The van der Waals surface area contributed by atoms with Crippen molar-refractivity contribution < 1.29 is 14.3 Å². The summed E-state index contributed by atoms with van der Waals surface area (Å²) in [4.78, 5) is 35.2. The first-order chi connectivity index (χ1) is 16.1. The van der Waals surface area contributed by atoms with Crippen molar-refractivity contribution in [2.24, 2.45) is 5.73 Å². The van der Waals surface area contributed by atoms with Gasteiger partial charge in [0.05, 0.1) is 24.3 Å². The molecule has 3 aliphatic rings. The number of likely N-dealkylation sites (N-methyl/N-ethyl adjacent to an activating group) is 1. The summed E-state index contributed by atoms with van der Waals surface area (Å²) in [6.07, 6.45) is 3.92. The van der Waals surface area contributed by atoms with Gasteiger partial charge < -0.3 is 30.8 Å². The zero-order valence-electron chi connectivity index (χ0n) is 19.5. The number of ether oxygens (including phenoxy) is 1. The molecule has 1 aromatic carbocycles. The van der Waals surface area contributed by atoms with Gasteiger partial charge >= 0.3 is 0 Å². The highest BCUT2D eigenvalue weighted by atomic mass is 16.5. The van der Waals surface area contributed by atoms with Crippen molar-refractivity contribution in [1.82, 2.24) is 14.9 Å². The van der Waals surface area contributed by atoms with Gasteiger partial charge in [0, 0.05) is 43.5 Å². The van der Waals surface area contributed by atoms with Gasteiger partial charge in [0.15, 0.2) is 5.82 Å². The third kappa shape index (κ3) is 5.31. The standard InChI is InChI=1S/C22H27N5O2.CH5N.CH2O/c1-26(17-6-7-17)21(28)22(8-9-22)18-14-19(27-10-12-29-13-11-27)25-20(24-18)15-2-4-16(23)5-3-15;2*1-2/h2-5,14,17H,6-13,23H2,1H3;2H2,1H3;1H2. The van der Waals surface area contributed by atoms with Crippen LogP contribution in [0.5, 0.6) is 0 Å². The van der Waals surface area contributed by atoms with Crippen LogP contribution in [0.25, 0.3) is 11.4 Å². The molecule has 9 heteroatoms. The molecular weight excluding hydrogens is 420 g/mol.